The van der Waals surface area contributed by atoms with Gasteiger partial charge >= 0.3 is 41.8 Å². The standard InChI is InChI=1S/C9H6F6N4O5S2/c1-17-6(18-2)25(21,22)8(12,13)7(10,11)9(14,15)26(23,24)19-5(20)3-4-16/h6H,1,3H2,(H,19,20). The monoisotopic (exact) mass is 428 g/mol. The minimum absolute atomic E-state index is 0.241. The van der Waals surface area contributed by atoms with Crippen LogP contribution in [0.2, 0.25) is 0 Å². The van der Waals surface area contributed by atoms with Crippen molar-refractivity contribution in [2.75, 3.05) is 0 Å². The van der Waals surface area contributed by atoms with Gasteiger partial charge in [0.05, 0.1) is 6.07 Å². The Hall–Kier alpha value is -2.40. The molecule has 9 nitrogen and oxygen atoms in total. The lowest BCUT2D eigenvalue weighted by atomic mass is 10.3. The van der Waals surface area contributed by atoms with Crippen LogP contribution in [0.1, 0.15) is 6.42 Å². The second-order valence-corrected chi connectivity index (χ2v) is 7.90. The van der Waals surface area contributed by atoms with E-state index >= 15 is 0 Å². The first-order valence-corrected chi connectivity index (χ1v) is 8.62. The number of sulfonamides is 1. The van der Waals surface area contributed by atoms with E-state index in [9.17, 15) is 48.0 Å². The molecule has 0 bridgehead atoms. The Morgan fingerprint density at radius 3 is 2.00 bits per heavy atom. The second kappa shape index (κ2) is 7.08. The average Bonchev–Trinajstić information content (AvgIpc) is 2.46. The van der Waals surface area contributed by atoms with Crippen molar-refractivity contribution in [3.8, 4) is 6.07 Å². The summed E-state index contributed by atoms with van der Waals surface area (Å²) < 4.78 is 127. The normalized spacial score (nSPS) is 14.6. The highest BCUT2D eigenvalue weighted by Gasteiger charge is 2.83. The zero-order valence-electron chi connectivity index (χ0n) is 12.0. The molecule has 0 spiro atoms. The molecular weight excluding hydrogens is 422 g/mol. The average molecular weight is 428 g/mol. The van der Waals surface area contributed by atoms with Gasteiger partial charge in [-0.15, -0.1) is 0 Å². The maximum atomic E-state index is 13.6. The number of aliphatic imine (C=N–C) groups is 1. The van der Waals surface area contributed by atoms with Crippen molar-refractivity contribution in [1.29, 1.82) is 5.26 Å². The predicted octanol–water partition coefficient (Wildman–Crippen LogP) is 0.485. The summed E-state index contributed by atoms with van der Waals surface area (Å²) in [4.78, 5) is 15.0. The summed E-state index contributed by atoms with van der Waals surface area (Å²) in [5.41, 5.74) is -3.34. The number of hydrogen-bond donors (Lipinski definition) is 1. The highest BCUT2D eigenvalue weighted by Crippen LogP contribution is 2.51. The maximum absolute atomic E-state index is 13.6. The number of rotatable bonds is 8. The number of carbonyl (C=O) groups is 1. The first-order valence-electron chi connectivity index (χ1n) is 5.59. The van der Waals surface area contributed by atoms with Crippen molar-refractivity contribution in [3.63, 3.8) is 0 Å². The van der Waals surface area contributed by atoms with E-state index in [1.165, 1.54) is 0 Å². The van der Waals surface area contributed by atoms with Gasteiger partial charge in [0.15, 0.2) is 0 Å². The SMILES string of the molecule is [C-]#[N+]C(N=C)S(=O)(=O)C(F)(F)C(F)(F)C(F)(F)S(=O)(=O)NC(=O)CC#N. The van der Waals surface area contributed by atoms with Crippen LogP contribution in [0.15, 0.2) is 4.99 Å². The number of nitrogens with zero attached hydrogens (tertiary/aromatic N) is 3. The van der Waals surface area contributed by atoms with E-state index in [1.807, 2.05) is 4.85 Å². The summed E-state index contributed by atoms with van der Waals surface area (Å²) in [6.45, 7) is 8.61. The second-order valence-electron chi connectivity index (χ2n) is 4.15. The Labute approximate surface area is 142 Å². The van der Waals surface area contributed by atoms with Gasteiger partial charge in [-0.3, -0.25) is 9.64 Å². The quantitative estimate of drug-likeness (QED) is 0.339. The summed E-state index contributed by atoms with van der Waals surface area (Å²) in [5, 5.41) is -5.60. The van der Waals surface area contributed by atoms with Gasteiger partial charge in [-0.05, 0) is 6.72 Å². The molecule has 0 aliphatic heterocycles. The third-order valence-electron chi connectivity index (χ3n) is 2.46. The third kappa shape index (κ3) is 3.44. The zero-order valence-corrected chi connectivity index (χ0v) is 13.6. The molecule has 1 atom stereocenters. The minimum Gasteiger partial charge on any atom is -0.273 e. The summed E-state index contributed by atoms with van der Waals surface area (Å²) in [6.07, 6.45) is -1.42. The Balaban J connectivity index is 6.37. The smallest absolute Gasteiger partial charge is 0.273 e. The molecule has 0 fully saturated rings. The number of alkyl halides is 6. The van der Waals surface area contributed by atoms with Crippen LogP contribution >= 0.6 is 0 Å². The van der Waals surface area contributed by atoms with Crippen molar-refractivity contribution in [2.24, 2.45) is 4.99 Å². The summed E-state index contributed by atoms with van der Waals surface area (Å²) in [7, 11) is -13.7. The molecule has 0 rings (SSSR count). The van der Waals surface area contributed by atoms with Gasteiger partial charge in [-0.1, -0.05) is 0 Å². The molecular formula is C9H6F6N4O5S2. The molecule has 0 aromatic rings. The van der Waals surface area contributed by atoms with Gasteiger partial charge in [-0.2, -0.15) is 40.0 Å². The molecule has 0 aliphatic carbocycles. The molecule has 146 valence electrons. The lowest BCUT2D eigenvalue weighted by Gasteiger charge is -2.31. The van der Waals surface area contributed by atoms with Crippen LogP contribution in [-0.4, -0.2) is 51.4 Å². The topological polar surface area (TPSA) is 138 Å². The van der Waals surface area contributed by atoms with Crippen molar-refractivity contribution >= 4 is 32.5 Å². The number of nitrogens with one attached hydrogen (secondary N) is 1. The molecule has 0 heterocycles. The minimum atomic E-state index is -7.15. The first kappa shape index (κ1) is 23.6. The van der Waals surface area contributed by atoms with Gasteiger partial charge in [0.25, 0.3) is 0 Å². The summed E-state index contributed by atoms with van der Waals surface area (Å²) in [5.74, 6) is -9.22. The molecule has 0 aliphatic rings. The molecule has 17 heteroatoms. The van der Waals surface area contributed by atoms with Gasteiger partial charge in [0.2, 0.25) is 5.91 Å². The number of hydrogen-bond acceptors (Lipinski definition) is 7. The summed E-state index contributed by atoms with van der Waals surface area (Å²) >= 11 is 0. The molecule has 1 N–H and O–H groups in total. The Bertz CT molecular complexity index is 887. The molecule has 0 saturated carbocycles. The molecule has 0 saturated heterocycles. The number of amides is 1. The predicted molar refractivity (Wildman–Crippen MR) is 71.0 cm³/mol. The van der Waals surface area contributed by atoms with E-state index in [1.54, 1.807) is 0 Å². The van der Waals surface area contributed by atoms with Crippen LogP contribution in [-0.2, 0) is 24.7 Å². The van der Waals surface area contributed by atoms with E-state index in [4.69, 9.17) is 11.8 Å². The Morgan fingerprint density at radius 2 is 1.65 bits per heavy atom. The lowest BCUT2D eigenvalue weighted by Crippen LogP contribution is -2.64. The Kier molecular flexibility index (Phi) is 6.42. The van der Waals surface area contributed by atoms with E-state index in [2.05, 4.69) is 11.7 Å². The van der Waals surface area contributed by atoms with Crippen LogP contribution in [0.3, 0.4) is 0 Å². The van der Waals surface area contributed by atoms with Crippen molar-refractivity contribution < 1.29 is 48.0 Å². The van der Waals surface area contributed by atoms with Crippen molar-refractivity contribution in [3.05, 3.63) is 11.4 Å². The van der Waals surface area contributed by atoms with E-state index in [0.717, 1.165) is 6.07 Å². The number of nitriles is 1. The molecule has 1 unspecified atom stereocenters. The van der Waals surface area contributed by atoms with Crippen LogP contribution in [0.25, 0.3) is 4.85 Å². The van der Waals surface area contributed by atoms with Gasteiger partial charge in [-0.25, -0.2) is 24.7 Å². The largest absolute Gasteiger partial charge is 0.433 e. The van der Waals surface area contributed by atoms with E-state index in [0.29, 0.717) is 0 Å². The molecule has 0 aromatic carbocycles. The number of sulfone groups is 1. The van der Waals surface area contributed by atoms with Crippen LogP contribution in [0.5, 0.6) is 0 Å². The highest BCUT2D eigenvalue weighted by atomic mass is 32.2. The lowest BCUT2D eigenvalue weighted by molar-refractivity contribution is -0.244. The van der Waals surface area contributed by atoms with Crippen molar-refractivity contribution in [1.82, 2.24) is 4.72 Å². The van der Waals surface area contributed by atoms with E-state index < -0.39 is 54.1 Å². The summed E-state index contributed by atoms with van der Waals surface area (Å²) in [6, 6.07) is 0.959. The maximum Gasteiger partial charge on any atom is 0.433 e. The number of carbonyl (C=O) groups excluding carboxylic acids is 1. The van der Waals surface area contributed by atoms with Crippen LogP contribution in [0, 0.1) is 17.9 Å². The van der Waals surface area contributed by atoms with Gasteiger partial charge < -0.3 is 0 Å². The fourth-order valence-electron chi connectivity index (χ4n) is 1.18. The zero-order chi connectivity index (χ0) is 21.2. The van der Waals surface area contributed by atoms with Crippen LogP contribution in [0.4, 0.5) is 26.3 Å². The Morgan fingerprint density at radius 1 is 1.19 bits per heavy atom. The first-order chi connectivity index (χ1) is 11.5. The van der Waals surface area contributed by atoms with Crippen LogP contribution < -0.4 is 4.72 Å². The molecule has 0 radical (unpaired) electrons. The number of halogens is 6. The third-order valence-corrected chi connectivity index (χ3v) is 5.67. The highest BCUT2D eigenvalue weighted by molar-refractivity contribution is 7.93. The molecule has 26 heavy (non-hydrogen) atoms. The fraction of sp³-hybridized carbons (Fsp3) is 0.556. The fourth-order valence-corrected chi connectivity index (χ4v) is 3.30. The van der Waals surface area contributed by atoms with E-state index in [-0.39, 0.29) is 4.72 Å². The van der Waals surface area contributed by atoms with Crippen molar-refractivity contribution in [2.45, 2.75) is 28.4 Å². The molecule has 0 aromatic heterocycles. The molecule has 1 amide bonds. The van der Waals surface area contributed by atoms with Gasteiger partial charge in [0.1, 0.15) is 6.42 Å². The van der Waals surface area contributed by atoms with Gasteiger partial charge in [0, 0.05) is 0 Å².